The van der Waals surface area contributed by atoms with E-state index in [-0.39, 0.29) is 59.6 Å². The summed E-state index contributed by atoms with van der Waals surface area (Å²) < 4.78 is 9.69. The molecule has 0 amide bonds. The molecule has 14 nitrogen and oxygen atoms in total. The Kier molecular flexibility index (Phi) is 25.5. The Morgan fingerprint density at radius 3 is 1.27 bits per heavy atom. The summed E-state index contributed by atoms with van der Waals surface area (Å²) in [5.41, 5.74) is 3.88. The summed E-state index contributed by atoms with van der Waals surface area (Å²) in [6.07, 6.45) is 19.3. The van der Waals surface area contributed by atoms with Gasteiger partial charge in [0.15, 0.2) is 0 Å². The number of rotatable bonds is 15. The van der Waals surface area contributed by atoms with Crippen LogP contribution in [0, 0.1) is 11.8 Å². The summed E-state index contributed by atoms with van der Waals surface area (Å²) in [5.74, 6) is -0.558. The van der Waals surface area contributed by atoms with Crippen molar-refractivity contribution in [3.63, 3.8) is 0 Å². The van der Waals surface area contributed by atoms with Crippen LogP contribution < -0.4 is 34.8 Å². The number of nitrogens with zero attached hydrogens (tertiary/aromatic N) is 4. The number of carboxylic acids is 1. The standard InChI is InChI=1S/C22H21O2P.C11H13NO2.C10H11NO2.C9H9NO2.C6H5NO.Li.H2O/c1-2-22(24)25(18-23,19-12-6-3-7-13-19,20-14-8-4-9-15-20)21-16-10-5-11-17-21;1-2-14-11(13)10-7-9(10)8-3-5-12-6-4-8;1-2-13-10(12)4-3-9-5-7-11-8-6-9;11-9(12)8-5-7(8)6-1-3-10-4-2-6;8-5-6-1-3-7-4-2-6;;/h3-18H,2H2,1H3;3-6,9-10H,2,7H2,1H3;3-8H,2H2,1H3;1-4,7-8H,5H2,(H,11,12);1-5H;;1H2/q;;;;;+1;/p-1/b;;4-3+;;;;/t;9-,10+;;7-,8+;;;/m.0.0.../s1. The molecule has 0 spiro atoms. The molecule has 378 valence electrons. The van der Waals surface area contributed by atoms with Crippen molar-refractivity contribution in [2.75, 3.05) is 13.2 Å². The van der Waals surface area contributed by atoms with E-state index < -0.39 is 12.6 Å². The molecule has 4 heterocycles. The number of benzene rings is 3. The largest absolute Gasteiger partial charge is 1.00 e. The first kappa shape index (κ1) is 60.7. The van der Waals surface area contributed by atoms with Gasteiger partial charge in [0.1, 0.15) is 6.29 Å². The molecule has 2 N–H and O–H groups in total. The molecule has 0 bridgehead atoms. The number of aliphatic carboxylic acids is 1. The summed E-state index contributed by atoms with van der Waals surface area (Å²) in [7, 11) is 0. The Morgan fingerprint density at radius 2 is 0.932 bits per heavy atom. The number of carbonyl (C=O) groups is 6. The van der Waals surface area contributed by atoms with Gasteiger partial charge in [-0.3, -0.25) is 34.3 Å². The molecule has 2 fully saturated rings. The van der Waals surface area contributed by atoms with Gasteiger partial charge >= 0.3 is 185 Å². The molecule has 7 aromatic rings. The van der Waals surface area contributed by atoms with Crippen LogP contribution in [0.4, 0.5) is 0 Å². The predicted octanol–water partition coefficient (Wildman–Crippen LogP) is 6.04. The average molecular weight is 1010 g/mol. The zero-order valence-electron chi connectivity index (χ0n) is 41.9. The quantitative estimate of drug-likeness (QED) is 0.0407. The maximum atomic E-state index is 13.6. The molecule has 0 aliphatic heterocycles. The van der Waals surface area contributed by atoms with Crippen LogP contribution in [0.3, 0.4) is 0 Å². The first-order valence-corrected chi connectivity index (χ1v) is 25.9. The second kappa shape index (κ2) is 31.1. The molecule has 74 heavy (non-hydrogen) atoms. The molecule has 4 aromatic heterocycles. The molecule has 2 saturated carbocycles. The van der Waals surface area contributed by atoms with E-state index in [0.717, 1.165) is 52.2 Å². The van der Waals surface area contributed by atoms with Crippen LogP contribution in [0.1, 0.15) is 78.9 Å². The van der Waals surface area contributed by atoms with Gasteiger partial charge in [-0.05, 0) is 110 Å². The maximum absolute atomic E-state index is 13.6. The van der Waals surface area contributed by atoms with Crippen molar-refractivity contribution in [3.05, 3.63) is 217 Å². The monoisotopic (exact) mass is 1010 g/mol. The molecule has 2 aliphatic rings. The van der Waals surface area contributed by atoms with Gasteiger partial charge in [-0.15, -0.1) is 0 Å². The van der Waals surface area contributed by atoms with Crippen molar-refractivity contribution in [2.45, 2.75) is 51.9 Å². The molecule has 9 rings (SSSR count). The van der Waals surface area contributed by atoms with E-state index in [0.29, 0.717) is 31.1 Å². The fraction of sp³-hybridized carbons (Fsp3) is 0.207. The third-order valence-corrected chi connectivity index (χ3v) is 17.8. The number of aldehydes is 1. The molecular weight excluding hydrogens is 951 g/mol. The number of hydrogen-bond donors (Lipinski definition) is 1. The third kappa shape index (κ3) is 16.0. The van der Waals surface area contributed by atoms with E-state index in [9.17, 15) is 28.8 Å². The zero-order chi connectivity index (χ0) is 51.6. The van der Waals surface area contributed by atoms with E-state index in [1.807, 2.05) is 141 Å². The summed E-state index contributed by atoms with van der Waals surface area (Å²) in [4.78, 5) is 84.8. The summed E-state index contributed by atoms with van der Waals surface area (Å²) in [6, 6.07) is 44.2. The van der Waals surface area contributed by atoms with Crippen LogP contribution in [0.2, 0.25) is 0 Å². The fourth-order valence-electron chi connectivity index (χ4n) is 8.06. The minimum Gasteiger partial charge on any atom is -0.870 e. The van der Waals surface area contributed by atoms with E-state index in [1.54, 1.807) is 74.7 Å². The maximum Gasteiger partial charge on any atom is 1.00 e. The number of ether oxygens (including phenoxy) is 2. The Hall–Kier alpha value is -7.59. The summed E-state index contributed by atoms with van der Waals surface area (Å²) >= 11 is 0. The Balaban J connectivity index is 0.000000256. The van der Waals surface area contributed by atoms with Gasteiger partial charge in [0.25, 0.3) is 0 Å². The van der Waals surface area contributed by atoms with E-state index in [1.165, 1.54) is 11.6 Å². The van der Waals surface area contributed by atoms with Crippen LogP contribution >= 0.6 is 6.60 Å². The zero-order valence-corrected chi connectivity index (χ0v) is 42.8. The third-order valence-electron chi connectivity index (χ3n) is 11.9. The molecule has 16 heteroatoms. The van der Waals surface area contributed by atoms with Crippen LogP contribution in [-0.4, -0.2) is 79.5 Å². The average Bonchev–Trinajstić information content (AvgIpc) is 4.40. The van der Waals surface area contributed by atoms with Gasteiger partial charge < -0.3 is 20.1 Å². The molecule has 3 aromatic carbocycles. The molecule has 0 radical (unpaired) electrons. The molecular formula is C58H60LiN4O10P. The van der Waals surface area contributed by atoms with Crippen LogP contribution in [0.15, 0.2) is 195 Å². The van der Waals surface area contributed by atoms with Crippen LogP contribution in [0.5, 0.6) is 0 Å². The number of pyridine rings is 4. The van der Waals surface area contributed by atoms with Gasteiger partial charge in [-0.2, -0.15) is 0 Å². The number of aromatic nitrogens is 4. The minimum atomic E-state index is -3.88. The Morgan fingerprint density at radius 1 is 0.554 bits per heavy atom. The summed E-state index contributed by atoms with van der Waals surface area (Å²) in [5, 5.41) is 11.1. The Labute approximate surface area is 444 Å². The Bertz CT molecular complexity index is 2720. The number of carboxylic acid groups (broad SMARTS) is 1. The van der Waals surface area contributed by atoms with Crippen LogP contribution in [-0.2, 0) is 33.4 Å². The van der Waals surface area contributed by atoms with E-state index >= 15 is 0 Å². The predicted molar refractivity (Wildman–Crippen MR) is 283 cm³/mol. The molecule has 0 saturated heterocycles. The molecule has 2 aliphatic carbocycles. The smallest absolute Gasteiger partial charge is 0.870 e. The SMILES string of the molecule is CCC(=O)P(C=O)(c1ccccc1)(c1ccccc1)c1ccccc1.CCOC(=O)/C=C/c1ccncc1.CCOC(=O)[C@@H]1C[C@H]1c1ccncc1.O=C(O)[C@@H]1C[C@H]1c1ccncc1.O=Cc1ccncc1.[Li+].[OH-]. The second-order valence-electron chi connectivity index (χ2n) is 16.4. The van der Waals surface area contributed by atoms with Crippen LogP contribution in [0.25, 0.3) is 6.08 Å². The van der Waals surface area contributed by atoms with Gasteiger partial charge in [0, 0.05) is 61.2 Å². The van der Waals surface area contributed by atoms with Crippen molar-refractivity contribution in [3.8, 4) is 0 Å². The number of carbonyl (C=O) groups excluding carboxylic acids is 5. The van der Waals surface area contributed by atoms with Gasteiger partial charge in [0.05, 0.1) is 25.0 Å². The molecule has 0 unspecified atom stereocenters. The van der Waals surface area contributed by atoms with Crippen molar-refractivity contribution in [2.24, 2.45) is 11.8 Å². The van der Waals surface area contributed by atoms with Gasteiger partial charge in [-0.25, -0.2) is 4.79 Å². The molecule has 4 atom stereocenters. The fourth-order valence-corrected chi connectivity index (χ4v) is 13.3. The normalized spacial score (nSPS) is 16.0. The topological polar surface area (TPSA) is 223 Å². The second-order valence-corrected chi connectivity index (χ2v) is 21.0. The first-order valence-electron chi connectivity index (χ1n) is 23.6. The van der Waals surface area contributed by atoms with Gasteiger partial charge in [0.2, 0.25) is 0 Å². The van der Waals surface area contributed by atoms with Gasteiger partial charge in [-0.1, -0.05) is 0 Å². The first-order chi connectivity index (χ1) is 35.1. The minimum absolute atomic E-state index is 0. The number of hydrogen-bond acceptors (Lipinski definition) is 13. The van der Waals surface area contributed by atoms with Crippen molar-refractivity contribution in [1.82, 2.24) is 19.9 Å². The van der Waals surface area contributed by atoms with Crippen molar-refractivity contribution < 1.29 is 67.7 Å². The number of esters is 2. The van der Waals surface area contributed by atoms with Crippen molar-refractivity contribution in [1.29, 1.82) is 0 Å². The van der Waals surface area contributed by atoms with E-state index in [2.05, 4.69) is 19.9 Å². The van der Waals surface area contributed by atoms with Crippen molar-refractivity contribution >= 4 is 64.3 Å². The summed E-state index contributed by atoms with van der Waals surface area (Å²) in [6.45, 7) is 2.44. The van der Waals surface area contributed by atoms with E-state index in [4.69, 9.17) is 14.6 Å².